The van der Waals surface area contributed by atoms with Crippen LogP contribution >= 0.6 is 0 Å². The molecule has 0 spiro atoms. The predicted molar refractivity (Wildman–Crippen MR) is 111 cm³/mol. The summed E-state index contributed by atoms with van der Waals surface area (Å²) < 4.78 is 17.3. The summed E-state index contributed by atoms with van der Waals surface area (Å²) in [5, 5.41) is 16.4. The fourth-order valence-corrected chi connectivity index (χ4v) is 4.51. The summed E-state index contributed by atoms with van der Waals surface area (Å²) in [5.41, 5.74) is 9.92. The number of nitrogens with zero attached hydrogens (tertiary/aromatic N) is 5. The largest absolute Gasteiger partial charge is 0.506 e. The van der Waals surface area contributed by atoms with Gasteiger partial charge in [-0.2, -0.15) is 5.10 Å². The lowest BCUT2D eigenvalue weighted by Crippen LogP contribution is -2.12. The van der Waals surface area contributed by atoms with Gasteiger partial charge in [0.2, 0.25) is 0 Å². The van der Waals surface area contributed by atoms with Crippen molar-refractivity contribution in [2.75, 3.05) is 5.73 Å². The van der Waals surface area contributed by atoms with Gasteiger partial charge in [-0.3, -0.25) is 4.57 Å². The first kappa shape index (κ1) is 17.0. The molecule has 3 N–H and O–H groups in total. The molecule has 7 nitrogen and oxygen atoms in total. The molecule has 0 saturated heterocycles. The summed E-state index contributed by atoms with van der Waals surface area (Å²) in [6.45, 7) is 0. The van der Waals surface area contributed by atoms with Crippen molar-refractivity contribution in [2.24, 2.45) is 0 Å². The lowest BCUT2D eigenvalue weighted by atomic mass is 10.1. The number of fused-ring (bicyclic) bond motifs is 3. The van der Waals surface area contributed by atoms with Gasteiger partial charge in [-0.15, -0.1) is 0 Å². The number of halogens is 1. The van der Waals surface area contributed by atoms with Crippen LogP contribution in [0.15, 0.2) is 55.0 Å². The van der Waals surface area contributed by atoms with Crippen LogP contribution in [0, 0.1) is 5.82 Å². The number of phenolic OH excluding ortho intramolecular Hbond substituents is 1. The highest BCUT2D eigenvalue weighted by Crippen LogP contribution is 2.36. The lowest BCUT2D eigenvalue weighted by Gasteiger charge is -2.10. The van der Waals surface area contributed by atoms with Crippen molar-refractivity contribution in [3.05, 3.63) is 71.9 Å². The zero-order valence-corrected chi connectivity index (χ0v) is 15.8. The average molecular weight is 400 g/mol. The smallest absolute Gasteiger partial charge is 0.172 e. The zero-order valence-electron chi connectivity index (χ0n) is 15.8. The molecule has 0 amide bonds. The number of benzene rings is 2. The minimum absolute atomic E-state index is 0.0980. The van der Waals surface area contributed by atoms with Crippen LogP contribution < -0.4 is 5.73 Å². The van der Waals surface area contributed by atoms with Gasteiger partial charge in [0.05, 0.1) is 11.6 Å². The van der Waals surface area contributed by atoms with Crippen molar-refractivity contribution in [1.82, 2.24) is 24.3 Å². The van der Waals surface area contributed by atoms with Crippen LogP contribution in [-0.2, 0) is 12.8 Å². The first-order chi connectivity index (χ1) is 14.6. The molecular weight excluding hydrogens is 383 g/mol. The number of nitrogens with two attached hydrogens (primary N) is 1. The monoisotopic (exact) mass is 400 g/mol. The Labute approximate surface area is 170 Å². The van der Waals surface area contributed by atoms with E-state index in [4.69, 9.17) is 10.8 Å². The Kier molecular flexibility index (Phi) is 3.41. The van der Waals surface area contributed by atoms with Gasteiger partial charge in [0.1, 0.15) is 29.1 Å². The Balaban J connectivity index is 1.59. The van der Waals surface area contributed by atoms with E-state index in [9.17, 15) is 9.50 Å². The van der Waals surface area contributed by atoms with Crippen molar-refractivity contribution in [3.8, 4) is 11.6 Å². The van der Waals surface area contributed by atoms with Crippen molar-refractivity contribution in [3.63, 3.8) is 0 Å². The molecule has 8 heteroatoms. The normalized spacial score (nSPS) is 14.0. The highest BCUT2D eigenvalue weighted by Gasteiger charge is 2.28. The molecule has 6 rings (SSSR count). The number of rotatable bonds is 2. The molecule has 1 aliphatic carbocycles. The second-order valence-corrected chi connectivity index (χ2v) is 7.60. The zero-order chi connectivity index (χ0) is 20.4. The highest BCUT2D eigenvalue weighted by atomic mass is 19.1. The molecule has 1 aliphatic rings. The molecule has 0 unspecified atom stereocenters. The van der Waals surface area contributed by atoms with Crippen LogP contribution in [0.2, 0.25) is 0 Å². The molecule has 5 aromatic rings. The van der Waals surface area contributed by atoms with Crippen LogP contribution in [0.3, 0.4) is 0 Å². The maximum absolute atomic E-state index is 13.7. The third kappa shape index (κ3) is 2.33. The second kappa shape index (κ2) is 6.03. The molecule has 3 heterocycles. The average Bonchev–Trinajstić information content (AvgIpc) is 3.42. The van der Waals surface area contributed by atoms with E-state index in [1.807, 2.05) is 16.8 Å². The predicted octanol–water partition coefficient (Wildman–Crippen LogP) is 3.54. The van der Waals surface area contributed by atoms with Gasteiger partial charge in [0.25, 0.3) is 0 Å². The van der Waals surface area contributed by atoms with Crippen molar-refractivity contribution in [2.45, 2.75) is 18.9 Å². The Hall–Kier alpha value is -3.94. The number of aromatic nitrogens is 5. The number of hydrogen-bond acceptors (Lipinski definition) is 5. The van der Waals surface area contributed by atoms with E-state index in [1.54, 1.807) is 16.8 Å². The molecule has 0 bridgehead atoms. The Morgan fingerprint density at radius 1 is 1.07 bits per heavy atom. The maximum Gasteiger partial charge on any atom is 0.172 e. The number of hydrogen-bond donors (Lipinski definition) is 2. The summed E-state index contributed by atoms with van der Waals surface area (Å²) in [4.78, 5) is 8.62. The van der Waals surface area contributed by atoms with Gasteiger partial charge in [-0.25, -0.2) is 19.0 Å². The van der Waals surface area contributed by atoms with Gasteiger partial charge in [0.15, 0.2) is 11.5 Å². The van der Waals surface area contributed by atoms with E-state index in [0.29, 0.717) is 33.6 Å². The van der Waals surface area contributed by atoms with Crippen molar-refractivity contribution in [1.29, 1.82) is 0 Å². The first-order valence-corrected chi connectivity index (χ1v) is 9.65. The summed E-state index contributed by atoms with van der Waals surface area (Å²) in [5.74, 6) is 0.150. The molecular formula is C22H17FN6O. The molecule has 0 radical (unpaired) electrons. The molecule has 3 aromatic heterocycles. The Morgan fingerprint density at radius 2 is 1.83 bits per heavy atom. The van der Waals surface area contributed by atoms with Crippen LogP contribution in [0.1, 0.15) is 17.2 Å². The van der Waals surface area contributed by atoms with Crippen LogP contribution in [0.25, 0.3) is 27.8 Å². The number of phenols is 1. The minimum atomic E-state index is -0.500. The van der Waals surface area contributed by atoms with E-state index in [0.717, 1.165) is 18.9 Å². The summed E-state index contributed by atoms with van der Waals surface area (Å²) in [7, 11) is 0. The third-order valence-electron chi connectivity index (χ3n) is 5.83. The standard InChI is InChI=1S/C22H17FN6O/c23-15-7-14-5-6-28(19(14)17(30)10-15)22-18-20(24)25-11-26-21(18)29(27-22)16-8-12-3-1-2-4-13(12)9-16/h1-7,10-11,16,30H,8-9H2,(H2,24,25,26). The second-order valence-electron chi connectivity index (χ2n) is 7.60. The number of aromatic hydroxyl groups is 1. The van der Waals surface area contributed by atoms with E-state index in [-0.39, 0.29) is 11.8 Å². The lowest BCUT2D eigenvalue weighted by molar-refractivity contribution is 0.472. The Bertz CT molecular complexity index is 1430. The minimum Gasteiger partial charge on any atom is -0.506 e. The molecule has 0 fully saturated rings. The van der Waals surface area contributed by atoms with Crippen molar-refractivity contribution < 1.29 is 9.50 Å². The number of anilines is 1. The van der Waals surface area contributed by atoms with Crippen LogP contribution in [0.4, 0.5) is 10.2 Å². The number of nitrogen functional groups attached to an aromatic ring is 1. The van der Waals surface area contributed by atoms with E-state index in [2.05, 4.69) is 22.1 Å². The molecule has 2 aromatic carbocycles. The van der Waals surface area contributed by atoms with Crippen LogP contribution in [-0.4, -0.2) is 29.4 Å². The van der Waals surface area contributed by atoms with E-state index in [1.165, 1.54) is 23.5 Å². The molecule has 0 aliphatic heterocycles. The van der Waals surface area contributed by atoms with Crippen molar-refractivity contribution >= 4 is 27.8 Å². The Morgan fingerprint density at radius 3 is 2.60 bits per heavy atom. The van der Waals surface area contributed by atoms with Gasteiger partial charge in [-0.05, 0) is 36.1 Å². The molecule has 30 heavy (non-hydrogen) atoms. The van der Waals surface area contributed by atoms with Gasteiger partial charge < -0.3 is 10.8 Å². The summed E-state index contributed by atoms with van der Waals surface area (Å²) in [6, 6.07) is 12.7. The van der Waals surface area contributed by atoms with Gasteiger partial charge in [0, 0.05) is 17.6 Å². The maximum atomic E-state index is 13.7. The fraction of sp³-hybridized carbons (Fsp3) is 0.136. The molecule has 148 valence electrons. The fourth-order valence-electron chi connectivity index (χ4n) is 4.51. The molecule has 0 saturated carbocycles. The quantitative estimate of drug-likeness (QED) is 0.473. The summed E-state index contributed by atoms with van der Waals surface area (Å²) >= 11 is 0. The van der Waals surface area contributed by atoms with Gasteiger partial charge in [-0.1, -0.05) is 24.3 Å². The van der Waals surface area contributed by atoms with E-state index >= 15 is 0 Å². The topological polar surface area (TPSA) is 94.8 Å². The first-order valence-electron chi connectivity index (χ1n) is 9.65. The van der Waals surface area contributed by atoms with Crippen LogP contribution in [0.5, 0.6) is 5.75 Å². The SMILES string of the molecule is Nc1ncnc2c1c(-n1ccc3cc(F)cc(O)c31)nn2C1Cc2ccccc2C1. The third-order valence-corrected chi connectivity index (χ3v) is 5.83. The van der Waals surface area contributed by atoms with Gasteiger partial charge >= 0.3 is 0 Å². The summed E-state index contributed by atoms with van der Waals surface area (Å²) in [6.07, 6.45) is 4.87. The van der Waals surface area contributed by atoms with E-state index < -0.39 is 5.82 Å². The highest BCUT2D eigenvalue weighted by molar-refractivity contribution is 5.96. The molecule has 0 atom stereocenters.